The van der Waals surface area contributed by atoms with E-state index in [2.05, 4.69) is 15.5 Å². The predicted molar refractivity (Wildman–Crippen MR) is 60.6 cm³/mol. The van der Waals surface area contributed by atoms with Crippen LogP contribution >= 0.6 is 0 Å². The zero-order chi connectivity index (χ0) is 12.3. The van der Waals surface area contributed by atoms with Crippen molar-refractivity contribution in [2.45, 2.75) is 25.0 Å². The molecular weight excluding hydrogens is 224 g/mol. The monoisotopic (exact) mass is 242 g/mol. The Morgan fingerprint density at radius 3 is 2.94 bits per heavy atom. The number of hydrogen-bond donors (Lipinski definition) is 2. The van der Waals surface area contributed by atoms with Crippen molar-refractivity contribution in [2.24, 2.45) is 5.73 Å². The van der Waals surface area contributed by atoms with Crippen LogP contribution in [0.3, 0.4) is 0 Å². The first-order valence-electron chi connectivity index (χ1n) is 5.61. The maximum absolute atomic E-state index is 5.63. The minimum Gasteiger partial charge on any atom is -0.406 e. The number of rotatable bonds is 5. The molecule has 0 amide bonds. The molecular formula is C10H18N4O3. The number of ether oxygens (including phenoxy) is 2. The smallest absolute Gasteiger partial charge is 0.315 e. The summed E-state index contributed by atoms with van der Waals surface area (Å²) in [4.78, 5) is 0. The van der Waals surface area contributed by atoms with Crippen LogP contribution in [0.2, 0.25) is 0 Å². The molecule has 2 unspecified atom stereocenters. The highest BCUT2D eigenvalue weighted by Gasteiger charge is 2.35. The molecule has 1 aliphatic rings. The van der Waals surface area contributed by atoms with Crippen molar-refractivity contribution in [3.63, 3.8) is 0 Å². The van der Waals surface area contributed by atoms with Gasteiger partial charge in [0.1, 0.15) is 5.60 Å². The maximum Gasteiger partial charge on any atom is 0.315 e. The van der Waals surface area contributed by atoms with Gasteiger partial charge < -0.3 is 24.9 Å². The standard InChI is InChI=1S/C10H18N4O3/c1-7(11)8-13-14-9(17-8)12-5-10(15-2)3-4-16-6-10/h7H,3-6,11H2,1-2H3,(H,12,14). The first-order chi connectivity index (χ1) is 8.15. The minimum absolute atomic E-state index is 0.260. The Bertz CT molecular complexity index is 360. The van der Waals surface area contributed by atoms with Gasteiger partial charge in [0.2, 0.25) is 5.89 Å². The molecule has 0 radical (unpaired) electrons. The first-order valence-corrected chi connectivity index (χ1v) is 5.61. The van der Waals surface area contributed by atoms with E-state index in [4.69, 9.17) is 19.6 Å². The van der Waals surface area contributed by atoms with Gasteiger partial charge in [-0.05, 0) is 6.92 Å². The summed E-state index contributed by atoms with van der Waals surface area (Å²) in [6.45, 7) is 3.65. The van der Waals surface area contributed by atoms with E-state index < -0.39 is 0 Å². The molecule has 1 aromatic heterocycles. The highest BCUT2D eigenvalue weighted by atomic mass is 16.5. The Morgan fingerprint density at radius 1 is 1.59 bits per heavy atom. The summed E-state index contributed by atoms with van der Waals surface area (Å²) in [5, 5.41) is 10.7. The largest absolute Gasteiger partial charge is 0.406 e. The molecule has 2 heterocycles. The molecule has 17 heavy (non-hydrogen) atoms. The average molecular weight is 242 g/mol. The maximum atomic E-state index is 5.63. The molecule has 7 heteroatoms. The Balaban J connectivity index is 1.92. The summed E-state index contributed by atoms with van der Waals surface area (Å²) in [6, 6.07) is 0.102. The van der Waals surface area contributed by atoms with E-state index in [0.29, 0.717) is 31.7 Å². The Labute approximate surface area is 99.7 Å². The van der Waals surface area contributed by atoms with Gasteiger partial charge in [-0.1, -0.05) is 5.10 Å². The molecule has 0 aliphatic carbocycles. The second-order valence-electron chi connectivity index (χ2n) is 4.28. The topological polar surface area (TPSA) is 95.4 Å². The van der Waals surface area contributed by atoms with Crippen molar-refractivity contribution in [1.82, 2.24) is 10.2 Å². The highest BCUT2D eigenvalue weighted by molar-refractivity contribution is 5.19. The van der Waals surface area contributed by atoms with E-state index >= 15 is 0 Å². The van der Waals surface area contributed by atoms with Crippen molar-refractivity contribution in [3.05, 3.63) is 5.89 Å². The average Bonchev–Trinajstić information content (AvgIpc) is 2.96. The predicted octanol–water partition coefficient (Wildman–Crippen LogP) is 0.307. The van der Waals surface area contributed by atoms with Gasteiger partial charge in [-0.3, -0.25) is 0 Å². The van der Waals surface area contributed by atoms with Crippen LogP contribution in [0.1, 0.15) is 25.3 Å². The van der Waals surface area contributed by atoms with Gasteiger partial charge in [-0.2, -0.15) is 0 Å². The third kappa shape index (κ3) is 2.74. The van der Waals surface area contributed by atoms with Gasteiger partial charge in [0.05, 0.1) is 19.2 Å². The van der Waals surface area contributed by atoms with Gasteiger partial charge in [0.15, 0.2) is 0 Å². The second kappa shape index (κ2) is 4.99. The lowest BCUT2D eigenvalue weighted by molar-refractivity contribution is -0.00654. The van der Waals surface area contributed by atoms with Gasteiger partial charge in [0.25, 0.3) is 0 Å². The fourth-order valence-electron chi connectivity index (χ4n) is 1.69. The van der Waals surface area contributed by atoms with Crippen molar-refractivity contribution >= 4 is 6.01 Å². The van der Waals surface area contributed by atoms with Crippen LogP contribution in [0, 0.1) is 0 Å². The zero-order valence-electron chi connectivity index (χ0n) is 10.1. The molecule has 1 fully saturated rings. The lowest BCUT2D eigenvalue weighted by atomic mass is 10.0. The minimum atomic E-state index is -0.303. The van der Waals surface area contributed by atoms with Crippen molar-refractivity contribution in [3.8, 4) is 0 Å². The summed E-state index contributed by atoms with van der Waals surface area (Å²) in [5.41, 5.74) is 5.33. The third-order valence-electron chi connectivity index (χ3n) is 2.89. The van der Waals surface area contributed by atoms with E-state index in [1.807, 2.05) is 0 Å². The Morgan fingerprint density at radius 2 is 2.41 bits per heavy atom. The van der Waals surface area contributed by atoms with E-state index in [1.165, 1.54) is 0 Å². The van der Waals surface area contributed by atoms with Gasteiger partial charge in [0, 0.05) is 20.1 Å². The fraction of sp³-hybridized carbons (Fsp3) is 0.800. The molecule has 7 nitrogen and oxygen atoms in total. The van der Waals surface area contributed by atoms with E-state index in [9.17, 15) is 0 Å². The van der Waals surface area contributed by atoms with Crippen LogP contribution in [0.15, 0.2) is 4.42 Å². The second-order valence-corrected chi connectivity index (χ2v) is 4.28. The Hall–Kier alpha value is -1.18. The molecule has 0 spiro atoms. The number of nitrogens with zero attached hydrogens (tertiary/aromatic N) is 2. The summed E-state index contributed by atoms with van der Waals surface area (Å²) in [6.07, 6.45) is 0.852. The van der Waals surface area contributed by atoms with Crippen molar-refractivity contribution in [1.29, 1.82) is 0 Å². The van der Waals surface area contributed by atoms with E-state index in [1.54, 1.807) is 14.0 Å². The van der Waals surface area contributed by atoms with Gasteiger partial charge in [-0.25, -0.2) is 0 Å². The number of aromatic nitrogens is 2. The zero-order valence-corrected chi connectivity index (χ0v) is 10.1. The van der Waals surface area contributed by atoms with Crippen LogP contribution < -0.4 is 11.1 Å². The molecule has 0 saturated carbocycles. The number of anilines is 1. The van der Waals surface area contributed by atoms with Crippen molar-refractivity contribution < 1.29 is 13.9 Å². The molecule has 1 aliphatic heterocycles. The normalized spacial score (nSPS) is 26.1. The van der Waals surface area contributed by atoms with Gasteiger partial charge >= 0.3 is 6.01 Å². The van der Waals surface area contributed by atoms with Crippen LogP contribution in [-0.2, 0) is 9.47 Å². The van der Waals surface area contributed by atoms with E-state index in [-0.39, 0.29) is 11.6 Å². The van der Waals surface area contributed by atoms with Crippen LogP contribution in [0.5, 0.6) is 0 Å². The SMILES string of the molecule is COC1(CNc2nnc(C(C)N)o2)CCOC1. The number of nitrogens with one attached hydrogen (secondary N) is 1. The molecule has 96 valence electrons. The Kier molecular flexibility index (Phi) is 3.60. The van der Waals surface area contributed by atoms with Crippen LogP contribution in [0.25, 0.3) is 0 Å². The summed E-state index contributed by atoms with van der Waals surface area (Å²) in [7, 11) is 1.68. The summed E-state index contributed by atoms with van der Waals surface area (Å²) < 4.78 is 16.1. The molecule has 1 saturated heterocycles. The quantitative estimate of drug-likeness (QED) is 0.767. The van der Waals surface area contributed by atoms with Crippen LogP contribution in [0.4, 0.5) is 6.01 Å². The molecule has 0 bridgehead atoms. The summed E-state index contributed by atoms with van der Waals surface area (Å²) in [5.74, 6) is 0.418. The number of methoxy groups -OCH3 is 1. The lowest BCUT2D eigenvalue weighted by Gasteiger charge is -2.25. The van der Waals surface area contributed by atoms with Crippen LogP contribution in [-0.4, -0.2) is 42.7 Å². The lowest BCUT2D eigenvalue weighted by Crippen LogP contribution is -2.39. The van der Waals surface area contributed by atoms with E-state index in [0.717, 1.165) is 6.42 Å². The van der Waals surface area contributed by atoms with Gasteiger partial charge in [-0.15, -0.1) is 5.10 Å². The number of hydrogen-bond acceptors (Lipinski definition) is 7. The molecule has 0 aromatic carbocycles. The van der Waals surface area contributed by atoms with Crippen molar-refractivity contribution in [2.75, 3.05) is 32.2 Å². The molecule has 2 atom stereocenters. The highest BCUT2D eigenvalue weighted by Crippen LogP contribution is 2.23. The molecule has 1 aromatic rings. The third-order valence-corrected chi connectivity index (χ3v) is 2.89. The molecule has 3 N–H and O–H groups in total. The first kappa shape index (κ1) is 12.3. The fourth-order valence-corrected chi connectivity index (χ4v) is 1.69. The molecule has 2 rings (SSSR count). The number of nitrogens with two attached hydrogens (primary N) is 1. The summed E-state index contributed by atoms with van der Waals surface area (Å²) >= 11 is 0.